The maximum absolute atomic E-state index is 12.0. The minimum Gasteiger partial charge on any atom is -0.348 e. The fourth-order valence-electron chi connectivity index (χ4n) is 1.94. The number of rotatable bonds is 4. The highest BCUT2D eigenvalue weighted by molar-refractivity contribution is 5.93. The molecule has 0 spiro atoms. The second kappa shape index (κ2) is 6.04. The third-order valence-electron chi connectivity index (χ3n) is 3.05. The monoisotopic (exact) mass is 295 g/mol. The van der Waals surface area contributed by atoms with Gasteiger partial charge in [0.25, 0.3) is 5.91 Å². The Morgan fingerprint density at radius 3 is 2.91 bits per heavy atom. The Balaban J connectivity index is 1.69. The largest absolute Gasteiger partial charge is 0.348 e. The van der Waals surface area contributed by atoms with Crippen molar-refractivity contribution < 1.29 is 4.79 Å². The maximum Gasteiger partial charge on any atom is 0.253 e. The van der Waals surface area contributed by atoms with Gasteiger partial charge >= 0.3 is 0 Å². The van der Waals surface area contributed by atoms with Crippen molar-refractivity contribution in [2.75, 3.05) is 0 Å². The summed E-state index contributed by atoms with van der Waals surface area (Å²) in [7, 11) is 0. The van der Waals surface area contributed by atoms with E-state index in [2.05, 4.69) is 20.4 Å². The Labute approximate surface area is 125 Å². The Bertz CT molecular complexity index is 819. The van der Waals surface area contributed by atoms with E-state index in [-0.39, 0.29) is 11.5 Å². The molecule has 0 aromatic carbocycles. The van der Waals surface area contributed by atoms with E-state index >= 15 is 0 Å². The van der Waals surface area contributed by atoms with Crippen LogP contribution in [0.2, 0.25) is 0 Å². The third-order valence-corrected chi connectivity index (χ3v) is 3.05. The number of H-pyrrole nitrogens is 1. The van der Waals surface area contributed by atoms with Crippen molar-refractivity contribution in [2.45, 2.75) is 6.54 Å². The molecule has 3 rings (SSSR count). The molecule has 0 radical (unpaired) electrons. The molecule has 0 fully saturated rings. The summed E-state index contributed by atoms with van der Waals surface area (Å²) < 4.78 is 1.65. The summed E-state index contributed by atoms with van der Waals surface area (Å²) >= 11 is 0. The van der Waals surface area contributed by atoms with Gasteiger partial charge in [0.2, 0.25) is 5.56 Å². The summed E-state index contributed by atoms with van der Waals surface area (Å²) in [6.07, 6.45) is 6.52. The summed E-state index contributed by atoms with van der Waals surface area (Å²) in [6, 6.07) is 8.28. The normalized spacial score (nSPS) is 10.4. The van der Waals surface area contributed by atoms with Gasteiger partial charge in [-0.2, -0.15) is 5.10 Å². The van der Waals surface area contributed by atoms with Crippen LogP contribution >= 0.6 is 0 Å². The number of hydrogen-bond donors (Lipinski definition) is 2. The van der Waals surface area contributed by atoms with Crippen LogP contribution in [-0.2, 0) is 6.54 Å². The van der Waals surface area contributed by atoms with Crippen LogP contribution in [0.5, 0.6) is 0 Å². The Hall–Kier alpha value is -3.22. The lowest BCUT2D eigenvalue weighted by Gasteiger charge is -2.07. The fourth-order valence-corrected chi connectivity index (χ4v) is 1.94. The Morgan fingerprint density at radius 1 is 1.27 bits per heavy atom. The number of aromatic amines is 1. The third kappa shape index (κ3) is 3.09. The predicted octanol–water partition coefficient (Wildman–Crippen LogP) is 0.886. The SMILES string of the molecule is O=C(NCc1ccnc(-n2cccn2)c1)c1ccc(=O)[nH]c1. The Morgan fingerprint density at radius 2 is 2.18 bits per heavy atom. The molecule has 0 saturated heterocycles. The van der Waals surface area contributed by atoms with Crippen LogP contribution < -0.4 is 10.9 Å². The van der Waals surface area contributed by atoms with Gasteiger partial charge in [-0.15, -0.1) is 0 Å². The fraction of sp³-hybridized carbons (Fsp3) is 0.0667. The second-order valence-electron chi connectivity index (χ2n) is 4.60. The number of nitrogens with one attached hydrogen (secondary N) is 2. The molecule has 0 aliphatic rings. The van der Waals surface area contributed by atoms with Gasteiger partial charge in [0.1, 0.15) is 0 Å². The number of hydrogen-bond acceptors (Lipinski definition) is 4. The number of nitrogens with zero attached hydrogens (tertiary/aromatic N) is 3. The van der Waals surface area contributed by atoms with E-state index < -0.39 is 0 Å². The highest BCUT2D eigenvalue weighted by Crippen LogP contribution is 2.06. The molecular formula is C15H13N5O2. The standard InChI is InChI=1S/C15H13N5O2/c21-14-3-2-12(10-17-14)15(22)18-9-11-4-6-16-13(8-11)20-7-1-5-19-20/h1-8,10H,9H2,(H,17,21)(H,18,22). The van der Waals surface area contributed by atoms with E-state index in [4.69, 9.17) is 0 Å². The van der Waals surface area contributed by atoms with Crippen LogP contribution in [0, 0.1) is 0 Å². The molecule has 1 amide bonds. The van der Waals surface area contributed by atoms with Crippen molar-refractivity contribution in [1.29, 1.82) is 0 Å². The molecule has 0 aliphatic carbocycles. The average molecular weight is 295 g/mol. The van der Waals surface area contributed by atoms with E-state index in [1.165, 1.54) is 18.3 Å². The number of aromatic nitrogens is 4. The maximum atomic E-state index is 12.0. The minimum atomic E-state index is -0.256. The van der Waals surface area contributed by atoms with Crippen molar-refractivity contribution in [3.63, 3.8) is 0 Å². The summed E-state index contributed by atoms with van der Waals surface area (Å²) in [6.45, 7) is 0.356. The van der Waals surface area contributed by atoms with Crippen molar-refractivity contribution in [2.24, 2.45) is 0 Å². The molecule has 0 aliphatic heterocycles. The van der Waals surface area contributed by atoms with Gasteiger partial charge < -0.3 is 10.3 Å². The van der Waals surface area contributed by atoms with E-state index in [0.717, 1.165) is 5.56 Å². The molecule has 3 aromatic rings. The van der Waals surface area contributed by atoms with Crippen molar-refractivity contribution in [3.05, 3.63) is 76.6 Å². The van der Waals surface area contributed by atoms with Crippen molar-refractivity contribution in [3.8, 4) is 5.82 Å². The van der Waals surface area contributed by atoms with E-state index in [1.807, 2.05) is 18.2 Å². The molecular weight excluding hydrogens is 282 g/mol. The van der Waals surface area contributed by atoms with E-state index in [9.17, 15) is 9.59 Å². The minimum absolute atomic E-state index is 0.241. The molecule has 2 N–H and O–H groups in total. The number of pyridine rings is 2. The predicted molar refractivity (Wildman–Crippen MR) is 79.6 cm³/mol. The average Bonchev–Trinajstić information content (AvgIpc) is 3.08. The molecule has 3 heterocycles. The molecule has 22 heavy (non-hydrogen) atoms. The molecule has 110 valence electrons. The zero-order valence-electron chi connectivity index (χ0n) is 11.6. The topological polar surface area (TPSA) is 92.7 Å². The molecule has 7 nitrogen and oxygen atoms in total. The lowest BCUT2D eigenvalue weighted by Crippen LogP contribution is -2.23. The number of amides is 1. The lowest BCUT2D eigenvalue weighted by atomic mass is 10.2. The van der Waals surface area contributed by atoms with Gasteiger partial charge in [0.15, 0.2) is 5.82 Å². The first-order chi connectivity index (χ1) is 10.7. The van der Waals surface area contributed by atoms with Crippen LogP contribution in [-0.4, -0.2) is 25.7 Å². The molecule has 0 bridgehead atoms. The number of carbonyl (C=O) groups is 1. The smallest absolute Gasteiger partial charge is 0.253 e. The van der Waals surface area contributed by atoms with Gasteiger partial charge in [-0.1, -0.05) is 0 Å². The molecule has 0 unspecified atom stereocenters. The quantitative estimate of drug-likeness (QED) is 0.747. The molecule has 7 heteroatoms. The van der Waals surface area contributed by atoms with Crippen molar-refractivity contribution >= 4 is 5.91 Å². The van der Waals surface area contributed by atoms with Crippen LogP contribution in [0.1, 0.15) is 15.9 Å². The van der Waals surface area contributed by atoms with Crippen LogP contribution in [0.15, 0.2) is 59.9 Å². The molecule has 3 aromatic heterocycles. The van der Waals surface area contributed by atoms with Crippen LogP contribution in [0.3, 0.4) is 0 Å². The highest BCUT2D eigenvalue weighted by atomic mass is 16.1. The zero-order chi connectivity index (χ0) is 15.4. The van der Waals surface area contributed by atoms with Crippen molar-refractivity contribution in [1.82, 2.24) is 25.1 Å². The zero-order valence-corrected chi connectivity index (χ0v) is 11.6. The first kappa shape index (κ1) is 13.7. The summed E-state index contributed by atoms with van der Waals surface area (Å²) in [5, 5.41) is 6.90. The van der Waals surface area contributed by atoms with Gasteiger partial charge in [-0.25, -0.2) is 9.67 Å². The number of carbonyl (C=O) groups excluding carboxylic acids is 1. The lowest BCUT2D eigenvalue weighted by molar-refractivity contribution is 0.0950. The van der Waals surface area contributed by atoms with Gasteiger partial charge in [0.05, 0.1) is 5.56 Å². The first-order valence-electron chi connectivity index (χ1n) is 6.64. The van der Waals surface area contributed by atoms with Gasteiger partial charge in [-0.05, 0) is 29.8 Å². The summed E-state index contributed by atoms with van der Waals surface area (Å²) in [5.74, 6) is 0.425. The summed E-state index contributed by atoms with van der Waals surface area (Å²) in [4.78, 5) is 29.6. The van der Waals surface area contributed by atoms with Crippen LogP contribution in [0.25, 0.3) is 5.82 Å². The molecule has 0 saturated carbocycles. The highest BCUT2D eigenvalue weighted by Gasteiger charge is 2.06. The second-order valence-corrected chi connectivity index (χ2v) is 4.60. The molecule has 0 atom stereocenters. The Kier molecular flexibility index (Phi) is 3.78. The van der Waals surface area contributed by atoms with E-state index in [1.54, 1.807) is 23.3 Å². The summed E-state index contributed by atoms with van der Waals surface area (Å²) in [5.41, 5.74) is 1.06. The van der Waals surface area contributed by atoms with E-state index in [0.29, 0.717) is 17.9 Å². The van der Waals surface area contributed by atoms with Gasteiger partial charge in [0, 0.05) is 37.4 Å². The van der Waals surface area contributed by atoms with Gasteiger partial charge in [-0.3, -0.25) is 9.59 Å². The van der Waals surface area contributed by atoms with Crippen LogP contribution in [0.4, 0.5) is 0 Å². The first-order valence-corrected chi connectivity index (χ1v) is 6.64.